The van der Waals surface area contributed by atoms with Crippen LogP contribution in [0.4, 0.5) is 0 Å². The molecule has 1 aromatic rings. The van der Waals surface area contributed by atoms with Crippen LogP contribution in [0, 0.1) is 0 Å². The third kappa shape index (κ3) is 1.33. The summed E-state index contributed by atoms with van der Waals surface area (Å²) in [6.07, 6.45) is 3.09. The number of nitrogens with one attached hydrogen (secondary N) is 1. The number of ether oxygens (including phenoxy) is 1. The normalized spacial score (nSPS) is 21.4. The van der Waals surface area contributed by atoms with Crippen LogP contribution in [0.15, 0.2) is 12.3 Å². The second-order valence-electron chi connectivity index (χ2n) is 4.04. The molecule has 3 rings (SSSR count). The summed E-state index contributed by atoms with van der Waals surface area (Å²) in [5.74, 6) is 0.592. The van der Waals surface area contributed by atoms with E-state index in [0.29, 0.717) is 5.92 Å². The molecule has 2 aliphatic rings. The molecular weight excluding hydrogens is 176 g/mol. The van der Waals surface area contributed by atoms with Gasteiger partial charge in [0.2, 0.25) is 0 Å². The molecule has 0 atom stereocenters. The van der Waals surface area contributed by atoms with Gasteiger partial charge in [0.1, 0.15) is 0 Å². The number of rotatable bonds is 1. The van der Waals surface area contributed by atoms with Crippen LogP contribution in [0.3, 0.4) is 0 Å². The number of hydrogen-bond acceptors (Lipinski definition) is 3. The fourth-order valence-electron chi connectivity index (χ4n) is 2.02. The van der Waals surface area contributed by atoms with E-state index in [-0.39, 0.29) is 0 Å². The van der Waals surface area contributed by atoms with Gasteiger partial charge in [0, 0.05) is 37.3 Å². The molecule has 74 valence electrons. The topological polar surface area (TPSA) is 34.1 Å². The van der Waals surface area contributed by atoms with Crippen LogP contribution < -0.4 is 5.32 Å². The van der Waals surface area contributed by atoms with Crippen LogP contribution in [0.1, 0.15) is 22.7 Å². The van der Waals surface area contributed by atoms with E-state index in [1.54, 1.807) is 0 Å². The fraction of sp³-hybridized carbons (Fsp3) is 0.545. The zero-order chi connectivity index (χ0) is 9.38. The summed E-state index contributed by atoms with van der Waals surface area (Å²) in [6, 6.07) is 2.29. The zero-order valence-electron chi connectivity index (χ0n) is 8.12. The average Bonchev–Trinajstić information content (AvgIpc) is 2.15. The van der Waals surface area contributed by atoms with Gasteiger partial charge < -0.3 is 10.1 Å². The van der Waals surface area contributed by atoms with Crippen LogP contribution in [0.2, 0.25) is 0 Å². The van der Waals surface area contributed by atoms with E-state index < -0.39 is 0 Å². The van der Waals surface area contributed by atoms with Crippen molar-refractivity contribution >= 4 is 0 Å². The summed E-state index contributed by atoms with van der Waals surface area (Å²) in [7, 11) is 0. The van der Waals surface area contributed by atoms with Crippen molar-refractivity contribution in [3.63, 3.8) is 0 Å². The molecule has 0 amide bonds. The first-order valence-corrected chi connectivity index (χ1v) is 5.19. The van der Waals surface area contributed by atoms with E-state index >= 15 is 0 Å². The van der Waals surface area contributed by atoms with E-state index in [1.807, 2.05) is 6.20 Å². The van der Waals surface area contributed by atoms with Crippen molar-refractivity contribution < 1.29 is 4.74 Å². The molecule has 2 aliphatic heterocycles. The molecular formula is C11H14N2O. The van der Waals surface area contributed by atoms with E-state index in [4.69, 9.17) is 4.74 Å². The molecule has 3 heteroatoms. The molecule has 1 N–H and O–H groups in total. The van der Waals surface area contributed by atoms with E-state index in [9.17, 15) is 0 Å². The predicted octanol–water partition coefficient (Wildman–Crippen LogP) is 0.841. The number of aromatic nitrogens is 1. The second-order valence-corrected chi connectivity index (χ2v) is 4.04. The summed E-state index contributed by atoms with van der Waals surface area (Å²) in [5.41, 5.74) is 3.99. The maximum absolute atomic E-state index is 5.19. The molecule has 3 nitrogen and oxygen atoms in total. The Balaban J connectivity index is 1.92. The summed E-state index contributed by atoms with van der Waals surface area (Å²) in [4.78, 5) is 4.53. The average molecular weight is 190 g/mol. The summed E-state index contributed by atoms with van der Waals surface area (Å²) >= 11 is 0. The lowest BCUT2D eigenvalue weighted by Gasteiger charge is -2.27. The van der Waals surface area contributed by atoms with Gasteiger partial charge in [-0.15, -0.1) is 0 Å². The Hall–Kier alpha value is -0.930. The lowest BCUT2D eigenvalue weighted by molar-refractivity contribution is 0.00824. The Morgan fingerprint density at radius 3 is 3.14 bits per heavy atom. The molecule has 14 heavy (non-hydrogen) atoms. The van der Waals surface area contributed by atoms with Crippen molar-refractivity contribution in [3.8, 4) is 0 Å². The Kier molecular flexibility index (Phi) is 2.00. The van der Waals surface area contributed by atoms with Gasteiger partial charge in [-0.3, -0.25) is 4.98 Å². The van der Waals surface area contributed by atoms with Gasteiger partial charge in [0.05, 0.1) is 13.2 Å². The van der Waals surface area contributed by atoms with Gasteiger partial charge in [-0.05, 0) is 11.1 Å². The van der Waals surface area contributed by atoms with Crippen molar-refractivity contribution in [3.05, 3.63) is 29.1 Å². The zero-order valence-corrected chi connectivity index (χ0v) is 8.12. The number of nitrogens with zero attached hydrogens (tertiary/aromatic N) is 1. The van der Waals surface area contributed by atoms with Gasteiger partial charge >= 0.3 is 0 Å². The van der Waals surface area contributed by atoms with Crippen molar-refractivity contribution in [1.82, 2.24) is 10.3 Å². The van der Waals surface area contributed by atoms with E-state index in [2.05, 4.69) is 16.4 Å². The van der Waals surface area contributed by atoms with Crippen molar-refractivity contribution in [2.45, 2.75) is 18.9 Å². The molecule has 0 saturated carbocycles. The highest BCUT2D eigenvalue weighted by Gasteiger charge is 2.22. The molecule has 1 saturated heterocycles. The van der Waals surface area contributed by atoms with Crippen LogP contribution in [-0.4, -0.2) is 24.7 Å². The number of fused-ring (bicyclic) bond motifs is 1. The van der Waals surface area contributed by atoms with Gasteiger partial charge in [0.15, 0.2) is 0 Å². The summed E-state index contributed by atoms with van der Waals surface area (Å²) in [5, 5.41) is 3.37. The molecule has 0 unspecified atom stereocenters. The summed E-state index contributed by atoms with van der Waals surface area (Å²) < 4.78 is 5.19. The standard InChI is InChI=1S/C11H14N2O/c1-2-12-4-9-3-8(5-13-11(1)9)10-6-14-7-10/h3,5,10,12H,1-2,4,6-7H2. The Bertz CT molecular complexity index is 347. The molecule has 0 spiro atoms. The van der Waals surface area contributed by atoms with Crippen molar-refractivity contribution in [2.75, 3.05) is 19.8 Å². The smallest absolute Gasteiger partial charge is 0.0557 e. The van der Waals surface area contributed by atoms with Crippen molar-refractivity contribution in [2.24, 2.45) is 0 Å². The summed E-state index contributed by atoms with van der Waals surface area (Å²) in [6.45, 7) is 3.78. The highest BCUT2D eigenvalue weighted by atomic mass is 16.5. The number of pyridine rings is 1. The minimum atomic E-state index is 0.592. The molecule has 0 bridgehead atoms. The lowest BCUT2D eigenvalue weighted by atomic mass is 9.96. The Morgan fingerprint density at radius 2 is 2.36 bits per heavy atom. The maximum Gasteiger partial charge on any atom is 0.0557 e. The first-order valence-electron chi connectivity index (χ1n) is 5.19. The highest BCUT2D eigenvalue weighted by Crippen LogP contribution is 2.25. The predicted molar refractivity (Wildman–Crippen MR) is 53.2 cm³/mol. The van der Waals surface area contributed by atoms with Crippen LogP contribution >= 0.6 is 0 Å². The monoisotopic (exact) mass is 190 g/mol. The largest absolute Gasteiger partial charge is 0.380 e. The minimum absolute atomic E-state index is 0.592. The third-order valence-corrected chi connectivity index (χ3v) is 3.04. The SMILES string of the molecule is c1nc2c(cc1C1COC1)CNCC2. The molecule has 3 heterocycles. The molecule has 1 aromatic heterocycles. The minimum Gasteiger partial charge on any atom is -0.380 e. The Labute approximate surface area is 83.5 Å². The molecule has 0 radical (unpaired) electrons. The van der Waals surface area contributed by atoms with Crippen molar-refractivity contribution in [1.29, 1.82) is 0 Å². The first-order chi connectivity index (χ1) is 6.93. The van der Waals surface area contributed by atoms with Crippen LogP contribution in [0.25, 0.3) is 0 Å². The maximum atomic E-state index is 5.19. The quantitative estimate of drug-likeness (QED) is 0.712. The molecule has 0 aromatic carbocycles. The van der Waals surface area contributed by atoms with E-state index in [1.165, 1.54) is 16.8 Å². The van der Waals surface area contributed by atoms with Crippen LogP contribution in [0.5, 0.6) is 0 Å². The lowest BCUT2D eigenvalue weighted by Crippen LogP contribution is -2.28. The molecule has 1 fully saturated rings. The molecule has 0 aliphatic carbocycles. The van der Waals surface area contributed by atoms with Gasteiger partial charge in [-0.1, -0.05) is 6.07 Å². The first kappa shape index (κ1) is 8.38. The number of hydrogen-bond donors (Lipinski definition) is 1. The highest BCUT2D eigenvalue weighted by molar-refractivity contribution is 5.30. The Morgan fingerprint density at radius 1 is 1.43 bits per heavy atom. The van der Waals surface area contributed by atoms with Gasteiger partial charge in [0.25, 0.3) is 0 Å². The van der Waals surface area contributed by atoms with Gasteiger partial charge in [-0.2, -0.15) is 0 Å². The van der Waals surface area contributed by atoms with Crippen LogP contribution in [-0.2, 0) is 17.7 Å². The fourth-order valence-corrected chi connectivity index (χ4v) is 2.02. The van der Waals surface area contributed by atoms with E-state index in [0.717, 1.165) is 32.7 Å². The third-order valence-electron chi connectivity index (χ3n) is 3.04. The second kappa shape index (κ2) is 3.33. The van der Waals surface area contributed by atoms with Gasteiger partial charge in [-0.25, -0.2) is 0 Å².